The SMILES string of the molecule is CCCCCN(CC)c1ccc2c(COCCCCN3CCCC3)nn(C)c2n1. The molecule has 0 saturated carbocycles. The lowest BCUT2D eigenvalue weighted by molar-refractivity contribution is 0.113. The summed E-state index contributed by atoms with van der Waals surface area (Å²) in [6, 6.07) is 4.30. The first-order valence-corrected chi connectivity index (χ1v) is 11.6. The molecule has 162 valence electrons. The molecule has 0 spiro atoms. The molecule has 2 aromatic heterocycles. The summed E-state index contributed by atoms with van der Waals surface area (Å²) in [6.07, 6.45) is 8.80. The Kier molecular flexibility index (Phi) is 8.74. The standard InChI is InChI=1S/C23H39N5O/c1-4-6-7-17-28(5-2)22-13-12-20-21(25-26(3)23(20)24-22)19-29-18-11-10-16-27-14-8-9-15-27/h12-13H,4-11,14-19H2,1-3H3. The smallest absolute Gasteiger partial charge is 0.160 e. The largest absolute Gasteiger partial charge is 0.375 e. The van der Waals surface area contributed by atoms with Crippen LogP contribution in [0.25, 0.3) is 11.0 Å². The molecule has 1 aliphatic heterocycles. The zero-order valence-corrected chi connectivity index (χ0v) is 18.7. The van der Waals surface area contributed by atoms with Crippen LogP contribution in [-0.2, 0) is 18.4 Å². The Hall–Kier alpha value is -1.66. The van der Waals surface area contributed by atoms with Crippen molar-refractivity contribution in [3.05, 3.63) is 17.8 Å². The zero-order chi connectivity index (χ0) is 20.5. The van der Waals surface area contributed by atoms with Crippen LogP contribution in [-0.4, -0.2) is 59.0 Å². The molecule has 0 radical (unpaired) electrons. The number of rotatable bonds is 13. The summed E-state index contributed by atoms with van der Waals surface area (Å²) in [7, 11) is 1.98. The molecule has 0 atom stereocenters. The van der Waals surface area contributed by atoms with E-state index in [2.05, 4.69) is 40.9 Å². The lowest BCUT2D eigenvalue weighted by atomic mass is 10.2. The second-order valence-electron chi connectivity index (χ2n) is 8.21. The van der Waals surface area contributed by atoms with Gasteiger partial charge in [0.2, 0.25) is 0 Å². The average molecular weight is 402 g/mol. The maximum Gasteiger partial charge on any atom is 0.160 e. The number of likely N-dealkylation sites (tertiary alicyclic amines) is 1. The van der Waals surface area contributed by atoms with Crippen LogP contribution in [0.2, 0.25) is 0 Å². The Balaban J connectivity index is 1.51. The molecule has 1 aliphatic rings. The molecule has 6 nitrogen and oxygen atoms in total. The van der Waals surface area contributed by atoms with Gasteiger partial charge in [-0.15, -0.1) is 0 Å². The van der Waals surface area contributed by atoms with Gasteiger partial charge in [0.15, 0.2) is 5.65 Å². The van der Waals surface area contributed by atoms with E-state index in [4.69, 9.17) is 9.72 Å². The van der Waals surface area contributed by atoms with E-state index in [9.17, 15) is 0 Å². The zero-order valence-electron chi connectivity index (χ0n) is 18.7. The molecule has 1 saturated heterocycles. The summed E-state index contributed by atoms with van der Waals surface area (Å²) >= 11 is 0. The average Bonchev–Trinajstić information content (AvgIpc) is 3.36. The molecule has 0 amide bonds. The molecule has 3 rings (SSSR count). The molecule has 29 heavy (non-hydrogen) atoms. The van der Waals surface area contributed by atoms with Gasteiger partial charge in [-0.05, 0) is 70.8 Å². The van der Waals surface area contributed by atoms with E-state index in [0.29, 0.717) is 6.61 Å². The number of aromatic nitrogens is 3. The van der Waals surface area contributed by atoms with Gasteiger partial charge in [0.25, 0.3) is 0 Å². The monoisotopic (exact) mass is 401 g/mol. The molecular weight excluding hydrogens is 362 g/mol. The van der Waals surface area contributed by atoms with Crippen molar-refractivity contribution in [1.82, 2.24) is 19.7 Å². The second-order valence-corrected chi connectivity index (χ2v) is 8.21. The topological polar surface area (TPSA) is 46.4 Å². The molecule has 0 bridgehead atoms. The number of hydrogen-bond donors (Lipinski definition) is 0. The Morgan fingerprint density at radius 3 is 2.66 bits per heavy atom. The number of ether oxygens (including phenoxy) is 1. The molecule has 6 heteroatoms. The van der Waals surface area contributed by atoms with Gasteiger partial charge in [0, 0.05) is 32.1 Å². The number of anilines is 1. The van der Waals surface area contributed by atoms with Crippen molar-refractivity contribution < 1.29 is 4.74 Å². The minimum absolute atomic E-state index is 0.566. The number of fused-ring (bicyclic) bond motifs is 1. The number of aryl methyl sites for hydroxylation is 1. The fraction of sp³-hybridized carbons (Fsp3) is 0.739. The van der Waals surface area contributed by atoms with Crippen LogP contribution in [0.15, 0.2) is 12.1 Å². The predicted molar refractivity (Wildman–Crippen MR) is 120 cm³/mol. The highest BCUT2D eigenvalue weighted by molar-refractivity contribution is 5.80. The summed E-state index contributed by atoms with van der Waals surface area (Å²) < 4.78 is 7.83. The van der Waals surface area contributed by atoms with Gasteiger partial charge in [-0.1, -0.05) is 19.8 Å². The third-order valence-electron chi connectivity index (χ3n) is 5.94. The van der Waals surface area contributed by atoms with Crippen molar-refractivity contribution in [3.8, 4) is 0 Å². The lowest BCUT2D eigenvalue weighted by Gasteiger charge is -2.21. The van der Waals surface area contributed by atoms with Gasteiger partial charge >= 0.3 is 0 Å². The van der Waals surface area contributed by atoms with Gasteiger partial charge in [0.05, 0.1) is 12.3 Å². The van der Waals surface area contributed by atoms with Gasteiger partial charge in [-0.3, -0.25) is 4.68 Å². The minimum Gasteiger partial charge on any atom is -0.375 e. The van der Waals surface area contributed by atoms with Crippen LogP contribution in [0.5, 0.6) is 0 Å². The van der Waals surface area contributed by atoms with E-state index < -0.39 is 0 Å². The van der Waals surface area contributed by atoms with Gasteiger partial charge in [0.1, 0.15) is 5.82 Å². The molecule has 2 aromatic rings. The van der Waals surface area contributed by atoms with Crippen molar-refractivity contribution in [2.75, 3.05) is 44.2 Å². The summed E-state index contributed by atoms with van der Waals surface area (Å²) in [5.41, 5.74) is 1.94. The van der Waals surface area contributed by atoms with Crippen molar-refractivity contribution in [2.24, 2.45) is 7.05 Å². The number of hydrogen-bond acceptors (Lipinski definition) is 5. The van der Waals surface area contributed by atoms with E-state index in [0.717, 1.165) is 48.7 Å². The first-order valence-electron chi connectivity index (χ1n) is 11.6. The Morgan fingerprint density at radius 1 is 1.07 bits per heavy atom. The number of pyridine rings is 1. The summed E-state index contributed by atoms with van der Waals surface area (Å²) in [4.78, 5) is 9.84. The van der Waals surface area contributed by atoms with Crippen molar-refractivity contribution in [3.63, 3.8) is 0 Å². The molecular formula is C23H39N5O. The normalized spacial score (nSPS) is 14.9. The van der Waals surface area contributed by atoms with Gasteiger partial charge in [-0.2, -0.15) is 5.10 Å². The van der Waals surface area contributed by atoms with Crippen molar-refractivity contribution in [2.45, 2.75) is 65.4 Å². The van der Waals surface area contributed by atoms with Gasteiger partial charge in [-0.25, -0.2) is 4.98 Å². The Labute approximate surface area is 176 Å². The maximum absolute atomic E-state index is 5.94. The van der Waals surface area contributed by atoms with Crippen LogP contribution in [0.3, 0.4) is 0 Å². The number of nitrogens with zero attached hydrogens (tertiary/aromatic N) is 5. The van der Waals surface area contributed by atoms with Crippen LogP contribution in [0, 0.1) is 0 Å². The third kappa shape index (κ3) is 6.16. The van der Waals surface area contributed by atoms with E-state index in [-0.39, 0.29) is 0 Å². The van der Waals surface area contributed by atoms with E-state index in [1.807, 2.05) is 11.7 Å². The quantitative estimate of drug-likeness (QED) is 0.466. The highest BCUT2D eigenvalue weighted by atomic mass is 16.5. The molecule has 0 aromatic carbocycles. The second kappa shape index (κ2) is 11.5. The van der Waals surface area contributed by atoms with Crippen LogP contribution in [0.4, 0.5) is 5.82 Å². The molecule has 3 heterocycles. The summed E-state index contributed by atoms with van der Waals surface area (Å²) in [5.74, 6) is 1.05. The summed E-state index contributed by atoms with van der Waals surface area (Å²) in [6.45, 7) is 11.6. The van der Waals surface area contributed by atoms with Crippen LogP contribution >= 0.6 is 0 Å². The first kappa shape index (κ1) is 22.0. The van der Waals surface area contributed by atoms with Crippen LogP contribution in [0.1, 0.15) is 64.5 Å². The van der Waals surface area contributed by atoms with E-state index in [1.54, 1.807) is 0 Å². The summed E-state index contributed by atoms with van der Waals surface area (Å²) in [5, 5.41) is 5.78. The van der Waals surface area contributed by atoms with Crippen molar-refractivity contribution >= 4 is 16.9 Å². The highest BCUT2D eigenvalue weighted by Gasteiger charge is 2.14. The number of unbranched alkanes of at least 4 members (excludes halogenated alkanes) is 3. The van der Waals surface area contributed by atoms with Crippen LogP contribution < -0.4 is 4.90 Å². The molecule has 0 unspecified atom stereocenters. The minimum atomic E-state index is 0.566. The Bertz CT molecular complexity index is 738. The first-order chi connectivity index (χ1) is 14.2. The van der Waals surface area contributed by atoms with Crippen molar-refractivity contribution in [1.29, 1.82) is 0 Å². The fourth-order valence-electron chi connectivity index (χ4n) is 4.18. The predicted octanol–water partition coefficient (Wildman–Crippen LogP) is 4.38. The van der Waals surface area contributed by atoms with E-state index >= 15 is 0 Å². The van der Waals surface area contributed by atoms with Gasteiger partial charge < -0.3 is 14.5 Å². The maximum atomic E-state index is 5.94. The fourth-order valence-corrected chi connectivity index (χ4v) is 4.18. The highest BCUT2D eigenvalue weighted by Crippen LogP contribution is 2.22. The molecule has 0 N–H and O–H groups in total. The molecule has 0 aliphatic carbocycles. The molecule has 1 fully saturated rings. The third-order valence-corrected chi connectivity index (χ3v) is 5.94. The van der Waals surface area contributed by atoms with E-state index in [1.165, 1.54) is 58.2 Å². The lowest BCUT2D eigenvalue weighted by Crippen LogP contribution is -2.24. The Morgan fingerprint density at radius 2 is 1.90 bits per heavy atom.